The van der Waals surface area contributed by atoms with Crippen LogP contribution in [0.15, 0.2) is 36.4 Å². The van der Waals surface area contributed by atoms with Crippen molar-refractivity contribution in [2.24, 2.45) is 0 Å². The second kappa shape index (κ2) is 4.23. The van der Waals surface area contributed by atoms with Crippen LogP contribution < -0.4 is 0 Å². The maximum absolute atomic E-state index is 5.75. The van der Waals surface area contributed by atoms with Crippen LogP contribution in [0, 0.1) is 0 Å². The molecule has 0 atom stereocenters. The summed E-state index contributed by atoms with van der Waals surface area (Å²) in [6.07, 6.45) is 0. The molecule has 1 heteroatoms. The van der Waals surface area contributed by atoms with E-state index in [0.717, 1.165) is 5.52 Å². The molecule has 0 aliphatic rings. The zero-order chi connectivity index (χ0) is 11.3. The molecule has 74 valence electrons. The third-order valence-corrected chi connectivity index (χ3v) is 2.21. The Labute approximate surface area is 87.2 Å². The highest BCUT2D eigenvalue weighted by atomic mass is 14.7. The van der Waals surface area contributed by atoms with Gasteiger partial charge < -0.3 is 0 Å². The van der Waals surface area contributed by atoms with E-state index in [9.17, 15) is 0 Å². The minimum atomic E-state index is 0.504. The van der Waals surface area contributed by atoms with Gasteiger partial charge in [-0.25, -0.2) is 0 Å². The smallest absolute Gasteiger partial charge is 0.0705 e. The molecule has 0 spiro atoms. The molecule has 0 amide bonds. The van der Waals surface area contributed by atoms with E-state index in [-0.39, 0.29) is 0 Å². The molecule has 1 nitrogen and oxygen atoms in total. The number of pyridine rings is 1. The molecule has 0 saturated heterocycles. The Kier molecular flexibility index (Phi) is 2.78. The van der Waals surface area contributed by atoms with Gasteiger partial charge in [0.1, 0.15) is 0 Å². The van der Waals surface area contributed by atoms with E-state index in [4.69, 9.17) is 1.37 Å². The van der Waals surface area contributed by atoms with Crippen molar-refractivity contribution >= 4 is 10.9 Å². The van der Waals surface area contributed by atoms with Gasteiger partial charge in [0.15, 0.2) is 0 Å². The normalized spacial score (nSPS) is 10.7. The van der Waals surface area contributed by atoms with E-state index >= 15 is 0 Å². The lowest BCUT2D eigenvalue weighted by molar-refractivity contribution is 0.830. The predicted octanol–water partition coefficient (Wildman–Crippen LogP) is 3.99. The van der Waals surface area contributed by atoms with Crippen LogP contribution in [0.1, 0.15) is 34.2 Å². The van der Waals surface area contributed by atoms with E-state index in [1.54, 1.807) is 0 Å². The fourth-order valence-corrected chi connectivity index (χ4v) is 1.40. The van der Waals surface area contributed by atoms with Gasteiger partial charge in [-0.1, -0.05) is 45.5 Å². The highest BCUT2D eigenvalue weighted by Gasteiger charge is 2.00. The number of hydrogen-bond acceptors (Lipinski definition) is 1. The second-order valence-electron chi connectivity index (χ2n) is 3.58. The molecule has 14 heavy (non-hydrogen) atoms. The predicted molar refractivity (Wildman–Crippen MR) is 62.6 cm³/mol. The number of fused-ring (bicyclic) bond motifs is 1. The Hall–Kier alpha value is -1.37. The molecule has 1 aromatic carbocycles. The molecule has 1 heterocycles. The molecule has 0 unspecified atom stereocenters. The van der Waals surface area contributed by atoms with Crippen LogP contribution in [0.3, 0.4) is 0 Å². The summed E-state index contributed by atoms with van der Waals surface area (Å²) < 4.78 is 5.75. The maximum Gasteiger partial charge on any atom is 0.0705 e. The number of hydrogen-bond donors (Lipinski definition) is 0. The van der Waals surface area contributed by atoms with Crippen LogP contribution in [-0.2, 0) is 0 Å². The average Bonchev–Trinajstić information content (AvgIpc) is 2.31. The van der Waals surface area contributed by atoms with Crippen LogP contribution in [0.5, 0.6) is 0 Å². The van der Waals surface area contributed by atoms with Gasteiger partial charge in [0.05, 0.1) is 5.52 Å². The Balaban J connectivity index is 0.000000531. The summed E-state index contributed by atoms with van der Waals surface area (Å²) in [6.45, 7) is 4.33. The van der Waals surface area contributed by atoms with Crippen LogP contribution in [0.4, 0.5) is 0 Å². The monoisotopic (exact) mass is 189 g/mol. The Morgan fingerprint density at radius 3 is 2.57 bits per heavy atom. The van der Waals surface area contributed by atoms with Crippen molar-refractivity contribution in [3.63, 3.8) is 0 Å². The Bertz CT molecular complexity index is 424. The van der Waals surface area contributed by atoms with Crippen molar-refractivity contribution < 1.29 is 1.37 Å². The lowest BCUT2D eigenvalue weighted by atomic mass is 10.1. The maximum atomic E-state index is 5.75. The number of benzene rings is 1. The van der Waals surface area contributed by atoms with Crippen LogP contribution in [0.2, 0.25) is 0 Å². The summed E-state index contributed by atoms with van der Waals surface area (Å²) in [4.78, 5) is 4.57. The van der Waals surface area contributed by atoms with Crippen molar-refractivity contribution in [1.82, 2.24) is 4.98 Å². The summed E-state index contributed by atoms with van der Waals surface area (Å²) in [5.74, 6) is 0.504. The van der Waals surface area contributed by atoms with E-state index in [1.165, 1.54) is 18.5 Å². The third-order valence-electron chi connectivity index (χ3n) is 2.21. The van der Waals surface area contributed by atoms with E-state index in [1.807, 2.05) is 12.1 Å². The number of nitrogens with zero attached hydrogens (tertiary/aromatic N) is 1. The largest absolute Gasteiger partial charge is 0.253 e. The zero-order valence-corrected chi connectivity index (χ0v) is 8.99. The third kappa shape index (κ3) is 1.92. The summed E-state index contributed by atoms with van der Waals surface area (Å²) >= 11 is 0. The van der Waals surface area contributed by atoms with Gasteiger partial charge in [0.25, 0.3) is 0 Å². The van der Waals surface area contributed by atoms with E-state index < -0.39 is 0 Å². The van der Waals surface area contributed by atoms with Crippen LogP contribution in [0.25, 0.3) is 10.9 Å². The van der Waals surface area contributed by atoms with Crippen LogP contribution in [-0.4, -0.2) is 4.98 Å². The number of aromatic nitrogens is 1. The van der Waals surface area contributed by atoms with Crippen molar-refractivity contribution in [2.75, 3.05) is 0 Å². The first-order chi connectivity index (χ1) is 7.27. The molecule has 0 bridgehead atoms. The minimum Gasteiger partial charge on any atom is -0.253 e. The molecule has 1 aromatic heterocycles. The molecule has 0 aliphatic carbocycles. The Morgan fingerprint density at radius 1 is 1.14 bits per heavy atom. The van der Waals surface area contributed by atoms with Crippen molar-refractivity contribution in [1.29, 1.82) is 0 Å². The van der Waals surface area contributed by atoms with Gasteiger partial charge in [0.2, 0.25) is 0 Å². The molecule has 0 fully saturated rings. The molecule has 0 aliphatic heterocycles. The van der Waals surface area contributed by atoms with Gasteiger partial charge in [-0.3, -0.25) is 4.98 Å². The molecule has 0 radical (unpaired) electrons. The highest BCUT2D eigenvalue weighted by Crippen LogP contribution is 2.16. The summed E-state index contributed by atoms with van der Waals surface area (Å²) in [5.41, 5.74) is 2.26. The van der Waals surface area contributed by atoms with Gasteiger partial charge in [0, 0.05) is 12.5 Å². The average molecular weight is 189 g/mol. The molecular weight excluding hydrogens is 170 g/mol. The minimum absolute atomic E-state index is 0.504. The lowest BCUT2D eigenvalue weighted by Gasteiger charge is -2.04. The van der Waals surface area contributed by atoms with E-state index in [2.05, 4.69) is 43.1 Å². The van der Waals surface area contributed by atoms with E-state index in [0.29, 0.717) is 5.92 Å². The van der Waals surface area contributed by atoms with Crippen molar-refractivity contribution in [2.45, 2.75) is 27.2 Å². The van der Waals surface area contributed by atoms with Gasteiger partial charge in [-0.05, 0) is 18.1 Å². The van der Waals surface area contributed by atoms with Crippen molar-refractivity contribution in [3.05, 3.63) is 42.1 Å². The summed E-state index contributed by atoms with van der Waals surface area (Å²) in [7, 11) is 1.25. The summed E-state index contributed by atoms with van der Waals surface area (Å²) in [6, 6.07) is 12.5. The quantitative estimate of drug-likeness (QED) is 0.661. The number of para-hydroxylation sites is 1. The first-order valence-electron chi connectivity index (χ1n) is 5.63. The fraction of sp³-hybridized carbons (Fsp3) is 0.308. The highest BCUT2D eigenvalue weighted by molar-refractivity contribution is 5.78. The van der Waals surface area contributed by atoms with Gasteiger partial charge >= 0.3 is 0 Å². The standard InChI is InChI=1S/C12H13N.CH4/c1-9(2)11-8-7-10-5-3-4-6-12(10)13-11;/h3-9H,1-2H3;1H4/i;1T. The number of rotatable bonds is 1. The van der Waals surface area contributed by atoms with Gasteiger partial charge in [-0.2, -0.15) is 0 Å². The zero-order valence-electron chi connectivity index (χ0n) is 9.99. The molecular formula is C13H17N. The topological polar surface area (TPSA) is 12.9 Å². The first kappa shape index (κ1) is 9.20. The second-order valence-corrected chi connectivity index (χ2v) is 3.58. The fourth-order valence-electron chi connectivity index (χ4n) is 1.40. The molecule has 2 rings (SSSR count). The lowest BCUT2D eigenvalue weighted by Crippen LogP contribution is -1.91. The summed E-state index contributed by atoms with van der Waals surface area (Å²) in [5, 5.41) is 1.21. The first-order valence-corrected chi connectivity index (χ1v) is 4.63. The molecule has 2 aromatic rings. The Morgan fingerprint density at radius 2 is 1.86 bits per heavy atom. The molecule has 0 N–H and O–H groups in total. The van der Waals surface area contributed by atoms with Gasteiger partial charge in [-0.15, -0.1) is 0 Å². The molecule has 0 saturated carbocycles. The SMILES string of the molecule is CC(C)c1ccc2ccccc2n1.[3H]C. The van der Waals surface area contributed by atoms with Crippen molar-refractivity contribution in [3.8, 4) is 0 Å². The van der Waals surface area contributed by atoms with Crippen LogP contribution >= 0.6 is 0 Å².